The Morgan fingerprint density at radius 3 is 2.79 bits per heavy atom. The van der Waals surface area contributed by atoms with E-state index < -0.39 is 0 Å². The van der Waals surface area contributed by atoms with E-state index in [1.165, 1.54) is 12.2 Å². The van der Waals surface area contributed by atoms with Crippen molar-refractivity contribution in [1.82, 2.24) is 10.6 Å². The minimum atomic E-state index is -0.0539. The predicted molar refractivity (Wildman–Crippen MR) is 96.0 cm³/mol. The maximum Gasteiger partial charge on any atom is 0.191 e. The topological polar surface area (TPSA) is 45.7 Å². The van der Waals surface area contributed by atoms with Crippen LogP contribution in [-0.2, 0) is 4.74 Å². The normalized spacial score (nSPS) is 23.0. The fraction of sp³-hybridized carbons (Fsp3) is 0.923. The lowest BCUT2D eigenvalue weighted by molar-refractivity contribution is 0.0283. The first-order valence-electron chi connectivity index (χ1n) is 6.85. The van der Waals surface area contributed by atoms with Crippen LogP contribution in [0.25, 0.3) is 0 Å². The molecule has 0 bridgehead atoms. The first-order chi connectivity index (χ1) is 8.70. The van der Waals surface area contributed by atoms with Crippen molar-refractivity contribution < 1.29 is 4.74 Å². The molecule has 6 heteroatoms. The molecule has 0 aliphatic carbocycles. The predicted octanol–water partition coefficient (Wildman–Crippen LogP) is 2.48. The fourth-order valence-electron chi connectivity index (χ4n) is 1.97. The Labute approximate surface area is 138 Å². The number of nitrogens with one attached hydrogen (secondary N) is 2. The maximum atomic E-state index is 5.75. The van der Waals surface area contributed by atoms with Gasteiger partial charge in [0.15, 0.2) is 5.96 Å². The Morgan fingerprint density at radius 1 is 1.42 bits per heavy atom. The number of ether oxygens (including phenoxy) is 1. The zero-order valence-corrected chi connectivity index (χ0v) is 15.5. The van der Waals surface area contributed by atoms with E-state index in [4.69, 9.17) is 4.74 Å². The number of aliphatic imine (C=N–C) groups is 1. The van der Waals surface area contributed by atoms with Crippen LogP contribution >= 0.6 is 35.7 Å². The highest BCUT2D eigenvalue weighted by atomic mass is 127. The summed E-state index contributed by atoms with van der Waals surface area (Å²) in [7, 11) is 0. The van der Waals surface area contributed by atoms with Gasteiger partial charge < -0.3 is 15.4 Å². The van der Waals surface area contributed by atoms with Crippen molar-refractivity contribution in [2.45, 2.75) is 38.7 Å². The standard InChI is InChI=1S/C13H27N3OS.HI/c1-4-14-12(15-8-6-10-18-3)16-11-13(2)7-5-9-17-13;/h4-11H2,1-3H3,(H2,14,15,16);1H. The van der Waals surface area contributed by atoms with E-state index in [2.05, 4.69) is 35.7 Å². The third-order valence-corrected chi connectivity index (χ3v) is 3.73. The molecule has 2 N–H and O–H groups in total. The van der Waals surface area contributed by atoms with Gasteiger partial charge in [0.1, 0.15) is 0 Å². The van der Waals surface area contributed by atoms with Gasteiger partial charge in [-0.1, -0.05) is 0 Å². The molecule has 1 atom stereocenters. The number of thioether (sulfide) groups is 1. The van der Waals surface area contributed by atoms with Gasteiger partial charge >= 0.3 is 0 Å². The van der Waals surface area contributed by atoms with Crippen molar-refractivity contribution in [2.24, 2.45) is 4.99 Å². The van der Waals surface area contributed by atoms with Gasteiger partial charge in [0.25, 0.3) is 0 Å². The summed E-state index contributed by atoms with van der Waals surface area (Å²) < 4.78 is 5.75. The molecule has 19 heavy (non-hydrogen) atoms. The second-order valence-electron chi connectivity index (χ2n) is 4.87. The molecule has 1 aliphatic heterocycles. The van der Waals surface area contributed by atoms with Gasteiger partial charge in [0.2, 0.25) is 0 Å². The summed E-state index contributed by atoms with van der Waals surface area (Å²) in [6.45, 7) is 7.73. The monoisotopic (exact) mass is 401 g/mol. The molecule has 0 saturated carbocycles. The zero-order valence-electron chi connectivity index (χ0n) is 12.3. The van der Waals surface area contributed by atoms with Crippen LogP contribution in [0.1, 0.15) is 33.1 Å². The summed E-state index contributed by atoms with van der Waals surface area (Å²) in [5, 5.41) is 6.64. The molecule has 4 nitrogen and oxygen atoms in total. The van der Waals surface area contributed by atoms with Crippen molar-refractivity contribution in [2.75, 3.05) is 38.2 Å². The molecule has 0 spiro atoms. The van der Waals surface area contributed by atoms with Crippen LogP contribution in [0.5, 0.6) is 0 Å². The van der Waals surface area contributed by atoms with E-state index in [1.807, 2.05) is 11.8 Å². The minimum absolute atomic E-state index is 0. The molecule has 0 aromatic carbocycles. The number of hydrogen-bond donors (Lipinski definition) is 2. The molecular weight excluding hydrogens is 373 g/mol. The van der Waals surface area contributed by atoms with Crippen molar-refractivity contribution in [3.63, 3.8) is 0 Å². The van der Waals surface area contributed by atoms with Gasteiger partial charge in [-0.25, -0.2) is 0 Å². The summed E-state index contributed by atoms with van der Waals surface area (Å²) in [4.78, 5) is 4.63. The Bertz CT molecular complexity index is 258. The second-order valence-corrected chi connectivity index (χ2v) is 5.86. The van der Waals surface area contributed by atoms with Crippen LogP contribution in [0, 0.1) is 0 Å². The molecule has 1 aliphatic rings. The van der Waals surface area contributed by atoms with Gasteiger partial charge in [-0.3, -0.25) is 4.99 Å². The first-order valence-corrected chi connectivity index (χ1v) is 8.24. The summed E-state index contributed by atoms with van der Waals surface area (Å²) >= 11 is 1.88. The Morgan fingerprint density at radius 2 is 2.21 bits per heavy atom. The first kappa shape index (κ1) is 19.3. The van der Waals surface area contributed by atoms with Gasteiger partial charge in [0, 0.05) is 19.7 Å². The molecular formula is C13H28IN3OS. The highest BCUT2D eigenvalue weighted by Crippen LogP contribution is 2.24. The SMILES string of the molecule is CCNC(=NCC1(C)CCCO1)NCCCSC.I. The van der Waals surface area contributed by atoms with Crippen LogP contribution in [0.4, 0.5) is 0 Å². The van der Waals surface area contributed by atoms with Crippen LogP contribution < -0.4 is 10.6 Å². The fourth-order valence-corrected chi connectivity index (χ4v) is 2.41. The van der Waals surface area contributed by atoms with Crippen LogP contribution in [-0.4, -0.2) is 49.8 Å². The lowest BCUT2D eigenvalue weighted by Crippen LogP contribution is -2.39. The molecule has 0 aromatic rings. The summed E-state index contributed by atoms with van der Waals surface area (Å²) in [5.41, 5.74) is -0.0539. The van der Waals surface area contributed by atoms with Gasteiger partial charge in [-0.2, -0.15) is 11.8 Å². The second kappa shape index (κ2) is 11.0. The molecule has 1 rings (SSSR count). The Kier molecular flexibility index (Phi) is 11.2. The largest absolute Gasteiger partial charge is 0.373 e. The minimum Gasteiger partial charge on any atom is -0.373 e. The van der Waals surface area contributed by atoms with Gasteiger partial charge in [0.05, 0.1) is 12.1 Å². The van der Waals surface area contributed by atoms with Gasteiger partial charge in [-0.15, -0.1) is 24.0 Å². The van der Waals surface area contributed by atoms with E-state index in [1.54, 1.807) is 0 Å². The van der Waals surface area contributed by atoms with Crippen molar-refractivity contribution in [1.29, 1.82) is 0 Å². The number of halogens is 1. The third-order valence-electron chi connectivity index (χ3n) is 3.03. The molecule has 0 amide bonds. The summed E-state index contributed by atoms with van der Waals surface area (Å²) in [5.74, 6) is 2.10. The molecule has 1 fully saturated rings. The summed E-state index contributed by atoms with van der Waals surface area (Å²) in [6, 6.07) is 0. The molecule has 114 valence electrons. The zero-order chi connectivity index (χ0) is 13.3. The lowest BCUT2D eigenvalue weighted by Gasteiger charge is -2.21. The Balaban J connectivity index is 0.00000324. The smallest absolute Gasteiger partial charge is 0.191 e. The summed E-state index contributed by atoms with van der Waals surface area (Å²) in [6.07, 6.45) is 5.57. The van der Waals surface area contributed by atoms with Crippen molar-refractivity contribution in [3.05, 3.63) is 0 Å². The number of nitrogens with zero attached hydrogens (tertiary/aromatic N) is 1. The molecule has 1 heterocycles. The van der Waals surface area contributed by atoms with E-state index in [0.717, 1.165) is 45.0 Å². The van der Waals surface area contributed by atoms with E-state index in [-0.39, 0.29) is 29.6 Å². The lowest BCUT2D eigenvalue weighted by atomic mass is 10.0. The van der Waals surface area contributed by atoms with Crippen LogP contribution in [0.15, 0.2) is 4.99 Å². The van der Waals surface area contributed by atoms with Gasteiger partial charge in [-0.05, 0) is 45.1 Å². The molecule has 0 aromatic heterocycles. The molecule has 0 radical (unpaired) electrons. The van der Waals surface area contributed by atoms with E-state index in [9.17, 15) is 0 Å². The maximum absolute atomic E-state index is 5.75. The van der Waals surface area contributed by atoms with E-state index >= 15 is 0 Å². The highest BCUT2D eigenvalue weighted by Gasteiger charge is 2.29. The quantitative estimate of drug-likeness (QED) is 0.298. The third kappa shape index (κ3) is 8.24. The number of rotatable bonds is 7. The van der Waals surface area contributed by atoms with E-state index in [0.29, 0.717) is 0 Å². The number of guanidine groups is 1. The van der Waals surface area contributed by atoms with Crippen LogP contribution in [0.2, 0.25) is 0 Å². The molecule has 1 unspecified atom stereocenters. The average molecular weight is 401 g/mol. The molecule has 1 saturated heterocycles. The average Bonchev–Trinajstić information content (AvgIpc) is 2.79. The van der Waals surface area contributed by atoms with Crippen LogP contribution in [0.3, 0.4) is 0 Å². The Hall–Kier alpha value is 0.310. The van der Waals surface area contributed by atoms with Crippen molar-refractivity contribution >= 4 is 41.7 Å². The highest BCUT2D eigenvalue weighted by molar-refractivity contribution is 14.0. The van der Waals surface area contributed by atoms with Crippen molar-refractivity contribution in [3.8, 4) is 0 Å². The number of hydrogen-bond acceptors (Lipinski definition) is 3.